The molecule has 1 aromatic carbocycles. The molecule has 1 saturated heterocycles. The molecule has 0 spiro atoms. The van der Waals surface area contributed by atoms with Gasteiger partial charge in [0, 0.05) is 24.7 Å². The number of halogens is 1. The van der Waals surface area contributed by atoms with Crippen LogP contribution in [0.5, 0.6) is 0 Å². The van der Waals surface area contributed by atoms with E-state index in [0.717, 1.165) is 36.0 Å². The Bertz CT molecular complexity index is 586. The number of aromatic nitrogens is 2. The van der Waals surface area contributed by atoms with E-state index in [2.05, 4.69) is 27.4 Å². The zero-order valence-corrected chi connectivity index (χ0v) is 12.1. The van der Waals surface area contributed by atoms with Crippen molar-refractivity contribution < 1.29 is 4.52 Å². The zero-order chi connectivity index (χ0) is 13.9. The summed E-state index contributed by atoms with van der Waals surface area (Å²) in [5.74, 6) is 1.37. The molecule has 1 atom stereocenters. The first-order valence-electron chi connectivity index (χ1n) is 6.70. The van der Waals surface area contributed by atoms with Crippen LogP contribution in [0.15, 0.2) is 28.8 Å². The smallest absolute Gasteiger partial charge is 0.231 e. The Labute approximate surface area is 122 Å². The van der Waals surface area contributed by atoms with Crippen molar-refractivity contribution in [3.8, 4) is 0 Å². The van der Waals surface area contributed by atoms with E-state index in [1.807, 2.05) is 24.3 Å². The van der Waals surface area contributed by atoms with Crippen molar-refractivity contribution >= 4 is 11.6 Å². The van der Waals surface area contributed by atoms with Crippen molar-refractivity contribution in [2.75, 3.05) is 26.7 Å². The minimum atomic E-state index is 0.181. The van der Waals surface area contributed by atoms with E-state index in [0.29, 0.717) is 12.3 Å². The molecular formula is C14H17ClN4O. The number of nitrogens with zero attached hydrogens (tertiary/aromatic N) is 3. The first kappa shape index (κ1) is 13.5. The van der Waals surface area contributed by atoms with E-state index in [1.165, 1.54) is 0 Å². The summed E-state index contributed by atoms with van der Waals surface area (Å²) in [6, 6.07) is 7.88. The summed E-state index contributed by atoms with van der Waals surface area (Å²) in [5.41, 5.74) is 1.07. The van der Waals surface area contributed by atoms with Crippen molar-refractivity contribution in [2.24, 2.45) is 0 Å². The van der Waals surface area contributed by atoms with Gasteiger partial charge in [-0.3, -0.25) is 4.90 Å². The van der Waals surface area contributed by atoms with Crippen LogP contribution >= 0.6 is 11.6 Å². The molecule has 0 aliphatic carbocycles. The van der Waals surface area contributed by atoms with Gasteiger partial charge in [-0.05, 0) is 24.7 Å². The predicted molar refractivity (Wildman–Crippen MR) is 76.8 cm³/mol. The average molecular weight is 293 g/mol. The monoisotopic (exact) mass is 292 g/mol. The second-order valence-electron chi connectivity index (χ2n) is 5.05. The van der Waals surface area contributed by atoms with Gasteiger partial charge in [-0.25, -0.2) is 0 Å². The Morgan fingerprint density at radius 3 is 3.20 bits per heavy atom. The minimum absolute atomic E-state index is 0.181. The topological polar surface area (TPSA) is 54.2 Å². The number of nitrogens with one attached hydrogen (secondary N) is 1. The van der Waals surface area contributed by atoms with Crippen molar-refractivity contribution in [2.45, 2.75) is 12.5 Å². The number of benzene rings is 1. The standard InChI is InChI=1S/C14H17ClN4O/c1-19-6-5-16-9-12(19)14-17-13(20-18-14)8-10-3-2-4-11(15)7-10/h2-4,7,12,16H,5-6,8-9H2,1H3. The van der Waals surface area contributed by atoms with Gasteiger partial charge in [-0.1, -0.05) is 28.9 Å². The van der Waals surface area contributed by atoms with Crippen LogP contribution in [0, 0.1) is 0 Å². The van der Waals surface area contributed by atoms with Crippen LogP contribution in [0.1, 0.15) is 23.3 Å². The van der Waals surface area contributed by atoms with Gasteiger partial charge in [0.05, 0.1) is 12.5 Å². The summed E-state index contributed by atoms with van der Waals surface area (Å²) in [6.45, 7) is 2.84. The van der Waals surface area contributed by atoms with Crippen LogP contribution in [0.2, 0.25) is 5.02 Å². The minimum Gasteiger partial charge on any atom is -0.339 e. The maximum absolute atomic E-state index is 5.98. The van der Waals surface area contributed by atoms with Crippen molar-refractivity contribution in [3.05, 3.63) is 46.6 Å². The fourth-order valence-electron chi connectivity index (χ4n) is 2.39. The van der Waals surface area contributed by atoms with Gasteiger partial charge in [-0.2, -0.15) is 4.98 Å². The second kappa shape index (κ2) is 5.91. The fourth-order valence-corrected chi connectivity index (χ4v) is 2.60. The molecule has 1 unspecified atom stereocenters. The van der Waals surface area contributed by atoms with Crippen LogP contribution < -0.4 is 5.32 Å². The third-order valence-corrected chi connectivity index (χ3v) is 3.77. The Morgan fingerprint density at radius 1 is 1.50 bits per heavy atom. The maximum Gasteiger partial charge on any atom is 0.231 e. The van der Waals surface area contributed by atoms with Crippen LogP contribution in [0.4, 0.5) is 0 Å². The molecule has 6 heteroatoms. The first-order valence-corrected chi connectivity index (χ1v) is 7.08. The van der Waals surface area contributed by atoms with E-state index in [-0.39, 0.29) is 6.04 Å². The van der Waals surface area contributed by atoms with Gasteiger partial charge in [0.2, 0.25) is 5.89 Å². The molecule has 2 heterocycles. The molecule has 3 rings (SSSR count). The van der Waals surface area contributed by atoms with Crippen LogP contribution in [-0.2, 0) is 6.42 Å². The van der Waals surface area contributed by atoms with E-state index in [4.69, 9.17) is 16.1 Å². The summed E-state index contributed by atoms with van der Waals surface area (Å²) in [4.78, 5) is 6.75. The highest BCUT2D eigenvalue weighted by Crippen LogP contribution is 2.19. The van der Waals surface area contributed by atoms with E-state index >= 15 is 0 Å². The van der Waals surface area contributed by atoms with Gasteiger partial charge >= 0.3 is 0 Å². The number of likely N-dealkylation sites (N-methyl/N-ethyl adjacent to an activating group) is 1. The van der Waals surface area contributed by atoms with Crippen molar-refractivity contribution in [1.29, 1.82) is 0 Å². The van der Waals surface area contributed by atoms with Gasteiger partial charge in [0.15, 0.2) is 5.82 Å². The Balaban J connectivity index is 1.73. The summed E-state index contributed by atoms with van der Waals surface area (Å²) in [6.07, 6.45) is 0.609. The van der Waals surface area contributed by atoms with Crippen molar-refractivity contribution in [3.63, 3.8) is 0 Å². The fraction of sp³-hybridized carbons (Fsp3) is 0.429. The molecule has 1 aromatic heterocycles. The van der Waals surface area contributed by atoms with Crippen LogP contribution in [0.3, 0.4) is 0 Å². The number of rotatable bonds is 3. The van der Waals surface area contributed by atoms with Gasteiger partial charge in [0.25, 0.3) is 0 Å². The lowest BCUT2D eigenvalue weighted by molar-refractivity contribution is 0.190. The lowest BCUT2D eigenvalue weighted by atomic mass is 10.1. The normalized spacial score (nSPS) is 20.2. The summed E-state index contributed by atoms with van der Waals surface area (Å²) in [7, 11) is 2.08. The highest BCUT2D eigenvalue weighted by atomic mass is 35.5. The predicted octanol–water partition coefficient (Wildman–Crippen LogP) is 1.89. The van der Waals surface area contributed by atoms with Crippen LogP contribution in [-0.4, -0.2) is 41.7 Å². The molecule has 5 nitrogen and oxygen atoms in total. The first-order chi connectivity index (χ1) is 9.72. The summed E-state index contributed by atoms with van der Waals surface area (Å²) < 4.78 is 5.35. The zero-order valence-electron chi connectivity index (χ0n) is 11.3. The summed E-state index contributed by atoms with van der Waals surface area (Å²) in [5, 5.41) is 8.18. The Morgan fingerprint density at radius 2 is 2.40 bits per heavy atom. The molecule has 2 aromatic rings. The Hall–Kier alpha value is -1.43. The average Bonchev–Trinajstić information content (AvgIpc) is 2.87. The van der Waals surface area contributed by atoms with Crippen LogP contribution in [0.25, 0.3) is 0 Å². The molecule has 1 N–H and O–H groups in total. The molecule has 20 heavy (non-hydrogen) atoms. The number of hydrogen-bond acceptors (Lipinski definition) is 5. The largest absolute Gasteiger partial charge is 0.339 e. The van der Waals surface area contributed by atoms with Crippen molar-refractivity contribution in [1.82, 2.24) is 20.4 Å². The summed E-state index contributed by atoms with van der Waals surface area (Å²) >= 11 is 5.98. The molecule has 0 bridgehead atoms. The lowest BCUT2D eigenvalue weighted by Gasteiger charge is -2.30. The number of piperazine rings is 1. The molecule has 1 aliphatic heterocycles. The van der Waals surface area contributed by atoms with E-state index < -0.39 is 0 Å². The highest BCUT2D eigenvalue weighted by molar-refractivity contribution is 6.30. The molecule has 1 aliphatic rings. The second-order valence-corrected chi connectivity index (χ2v) is 5.49. The van der Waals surface area contributed by atoms with Gasteiger partial charge in [0.1, 0.15) is 0 Å². The maximum atomic E-state index is 5.98. The van der Waals surface area contributed by atoms with E-state index in [9.17, 15) is 0 Å². The molecule has 0 amide bonds. The third-order valence-electron chi connectivity index (χ3n) is 3.54. The number of hydrogen-bond donors (Lipinski definition) is 1. The molecule has 0 saturated carbocycles. The SMILES string of the molecule is CN1CCNCC1c1noc(Cc2cccc(Cl)c2)n1. The van der Waals surface area contributed by atoms with Gasteiger partial charge in [-0.15, -0.1) is 0 Å². The molecule has 106 valence electrons. The lowest BCUT2D eigenvalue weighted by Crippen LogP contribution is -2.44. The highest BCUT2D eigenvalue weighted by Gasteiger charge is 2.25. The third kappa shape index (κ3) is 3.00. The van der Waals surface area contributed by atoms with E-state index in [1.54, 1.807) is 0 Å². The molecule has 0 radical (unpaired) electrons. The molecule has 1 fully saturated rings. The van der Waals surface area contributed by atoms with Gasteiger partial charge < -0.3 is 9.84 Å². The quantitative estimate of drug-likeness (QED) is 0.936. The molecular weight excluding hydrogens is 276 g/mol. The Kier molecular flexibility index (Phi) is 4.00.